The third-order valence-electron chi connectivity index (χ3n) is 4.51. The van der Waals surface area contributed by atoms with E-state index in [0.717, 1.165) is 25.1 Å². The molecule has 0 fully saturated rings. The summed E-state index contributed by atoms with van der Waals surface area (Å²) in [6, 6.07) is 29.8. The number of hydrogen-bond donors (Lipinski definition) is 1. The second-order valence-electron chi connectivity index (χ2n) is 6.73. The number of hydrogen-bond acceptors (Lipinski definition) is 2. The van der Waals surface area contributed by atoms with E-state index in [1.165, 1.54) is 16.7 Å². The van der Waals surface area contributed by atoms with Gasteiger partial charge in [-0.2, -0.15) is 0 Å². The standard InChI is InChI=1S/C24H27NO/c1-20(15-16-21-9-4-2-5-10-21)25-18-23-13-8-14-24(17-23)26-19-22-11-6-3-7-12-22/h2-14,17,20,25H,15-16,18-19H2,1H3/t20-/m1/s1. The number of benzene rings is 3. The van der Waals surface area contributed by atoms with Crippen molar-refractivity contribution in [1.29, 1.82) is 0 Å². The normalized spacial score (nSPS) is 11.9. The molecule has 0 spiro atoms. The first-order valence-corrected chi connectivity index (χ1v) is 9.32. The van der Waals surface area contributed by atoms with Crippen molar-refractivity contribution in [1.82, 2.24) is 5.32 Å². The smallest absolute Gasteiger partial charge is 0.120 e. The van der Waals surface area contributed by atoms with Crippen molar-refractivity contribution in [2.24, 2.45) is 0 Å². The summed E-state index contributed by atoms with van der Waals surface area (Å²) >= 11 is 0. The number of aryl methyl sites for hydroxylation is 1. The van der Waals surface area contributed by atoms with Crippen LogP contribution in [0.5, 0.6) is 5.75 Å². The Balaban J connectivity index is 1.44. The van der Waals surface area contributed by atoms with Gasteiger partial charge in [0.1, 0.15) is 12.4 Å². The number of rotatable bonds is 9. The van der Waals surface area contributed by atoms with Crippen LogP contribution in [0, 0.1) is 0 Å². The lowest BCUT2D eigenvalue weighted by Crippen LogP contribution is -2.25. The lowest BCUT2D eigenvalue weighted by Gasteiger charge is -2.14. The van der Waals surface area contributed by atoms with Gasteiger partial charge in [-0.25, -0.2) is 0 Å². The Labute approximate surface area is 156 Å². The Morgan fingerprint density at radius 3 is 2.15 bits per heavy atom. The minimum absolute atomic E-state index is 0.476. The van der Waals surface area contributed by atoms with E-state index >= 15 is 0 Å². The van der Waals surface area contributed by atoms with Crippen molar-refractivity contribution in [3.05, 3.63) is 102 Å². The highest BCUT2D eigenvalue weighted by atomic mass is 16.5. The topological polar surface area (TPSA) is 21.3 Å². The van der Waals surface area contributed by atoms with Gasteiger partial charge in [0.25, 0.3) is 0 Å². The fraction of sp³-hybridized carbons (Fsp3) is 0.250. The quantitative estimate of drug-likeness (QED) is 0.562. The van der Waals surface area contributed by atoms with Crippen molar-refractivity contribution in [2.75, 3.05) is 0 Å². The average Bonchev–Trinajstić information content (AvgIpc) is 2.71. The Hall–Kier alpha value is -2.58. The van der Waals surface area contributed by atoms with Crippen LogP contribution in [-0.4, -0.2) is 6.04 Å². The minimum atomic E-state index is 0.476. The van der Waals surface area contributed by atoms with Gasteiger partial charge in [0.15, 0.2) is 0 Å². The molecule has 0 radical (unpaired) electrons. The van der Waals surface area contributed by atoms with Crippen LogP contribution in [0.3, 0.4) is 0 Å². The van der Waals surface area contributed by atoms with Gasteiger partial charge >= 0.3 is 0 Å². The van der Waals surface area contributed by atoms with Gasteiger partial charge in [0.05, 0.1) is 0 Å². The zero-order valence-corrected chi connectivity index (χ0v) is 15.4. The van der Waals surface area contributed by atoms with E-state index in [4.69, 9.17) is 4.74 Å². The molecule has 134 valence electrons. The monoisotopic (exact) mass is 345 g/mol. The van der Waals surface area contributed by atoms with E-state index in [9.17, 15) is 0 Å². The van der Waals surface area contributed by atoms with Gasteiger partial charge < -0.3 is 10.1 Å². The highest BCUT2D eigenvalue weighted by molar-refractivity contribution is 5.29. The Bertz CT molecular complexity index is 770. The Morgan fingerprint density at radius 1 is 0.769 bits per heavy atom. The summed E-state index contributed by atoms with van der Waals surface area (Å²) in [5.74, 6) is 0.921. The maximum Gasteiger partial charge on any atom is 0.120 e. The molecule has 0 bridgehead atoms. The predicted molar refractivity (Wildman–Crippen MR) is 108 cm³/mol. The summed E-state index contributed by atoms with van der Waals surface area (Å²) in [6.45, 7) is 3.71. The van der Waals surface area contributed by atoms with Gasteiger partial charge in [-0.15, -0.1) is 0 Å². The summed E-state index contributed by atoms with van der Waals surface area (Å²) in [7, 11) is 0. The molecule has 26 heavy (non-hydrogen) atoms. The fourth-order valence-electron chi connectivity index (χ4n) is 2.91. The maximum absolute atomic E-state index is 5.92. The number of nitrogens with one attached hydrogen (secondary N) is 1. The maximum atomic E-state index is 5.92. The average molecular weight is 345 g/mol. The first kappa shape index (κ1) is 18.2. The molecule has 0 unspecified atom stereocenters. The molecule has 0 aliphatic carbocycles. The van der Waals surface area contributed by atoms with Crippen molar-refractivity contribution < 1.29 is 4.74 Å². The van der Waals surface area contributed by atoms with Crippen LogP contribution in [0.25, 0.3) is 0 Å². The van der Waals surface area contributed by atoms with Crippen LogP contribution in [0.2, 0.25) is 0 Å². The van der Waals surface area contributed by atoms with E-state index in [2.05, 4.69) is 72.9 Å². The van der Waals surface area contributed by atoms with E-state index in [-0.39, 0.29) is 0 Å². The molecule has 3 rings (SSSR count). The molecule has 3 aromatic rings. The molecular formula is C24H27NO. The fourth-order valence-corrected chi connectivity index (χ4v) is 2.91. The molecule has 2 nitrogen and oxygen atoms in total. The zero-order chi connectivity index (χ0) is 18.0. The van der Waals surface area contributed by atoms with Crippen LogP contribution in [0.4, 0.5) is 0 Å². The molecule has 2 heteroatoms. The molecule has 0 amide bonds. The minimum Gasteiger partial charge on any atom is -0.489 e. The first-order chi connectivity index (χ1) is 12.8. The molecule has 1 N–H and O–H groups in total. The molecule has 3 aromatic carbocycles. The third-order valence-corrected chi connectivity index (χ3v) is 4.51. The second-order valence-corrected chi connectivity index (χ2v) is 6.73. The molecule has 0 aliphatic rings. The molecule has 1 atom stereocenters. The summed E-state index contributed by atoms with van der Waals surface area (Å²) in [4.78, 5) is 0. The first-order valence-electron chi connectivity index (χ1n) is 9.32. The van der Waals surface area contributed by atoms with E-state index in [0.29, 0.717) is 12.6 Å². The van der Waals surface area contributed by atoms with Crippen LogP contribution in [0.1, 0.15) is 30.0 Å². The van der Waals surface area contributed by atoms with Gasteiger partial charge in [0.2, 0.25) is 0 Å². The van der Waals surface area contributed by atoms with Gasteiger partial charge in [-0.3, -0.25) is 0 Å². The van der Waals surface area contributed by atoms with Crippen LogP contribution >= 0.6 is 0 Å². The van der Waals surface area contributed by atoms with Crippen LogP contribution < -0.4 is 10.1 Å². The third kappa shape index (κ3) is 6.05. The predicted octanol–water partition coefficient (Wildman–Crippen LogP) is 5.38. The van der Waals surface area contributed by atoms with E-state index in [1.54, 1.807) is 0 Å². The van der Waals surface area contributed by atoms with Crippen molar-refractivity contribution in [2.45, 2.75) is 39.0 Å². The van der Waals surface area contributed by atoms with E-state index < -0.39 is 0 Å². The van der Waals surface area contributed by atoms with E-state index in [1.807, 2.05) is 24.3 Å². The van der Waals surface area contributed by atoms with Crippen molar-refractivity contribution >= 4 is 0 Å². The van der Waals surface area contributed by atoms with Crippen molar-refractivity contribution in [3.63, 3.8) is 0 Å². The summed E-state index contributed by atoms with van der Waals surface area (Å²) < 4.78 is 5.92. The van der Waals surface area contributed by atoms with Crippen LogP contribution in [-0.2, 0) is 19.6 Å². The van der Waals surface area contributed by atoms with Crippen molar-refractivity contribution in [3.8, 4) is 5.75 Å². The van der Waals surface area contributed by atoms with Gasteiger partial charge in [-0.1, -0.05) is 72.8 Å². The molecule has 0 aliphatic heterocycles. The highest BCUT2D eigenvalue weighted by Crippen LogP contribution is 2.15. The van der Waals surface area contributed by atoms with Gasteiger partial charge in [-0.05, 0) is 48.6 Å². The molecular weight excluding hydrogens is 318 g/mol. The zero-order valence-electron chi connectivity index (χ0n) is 15.4. The highest BCUT2D eigenvalue weighted by Gasteiger charge is 2.04. The largest absolute Gasteiger partial charge is 0.489 e. The molecule has 0 saturated heterocycles. The Kier molecular flexibility index (Phi) is 6.86. The Morgan fingerprint density at radius 2 is 1.42 bits per heavy atom. The summed E-state index contributed by atoms with van der Waals surface area (Å²) in [5, 5.41) is 3.61. The van der Waals surface area contributed by atoms with Gasteiger partial charge in [0, 0.05) is 12.6 Å². The molecule has 0 saturated carbocycles. The number of ether oxygens (including phenoxy) is 1. The second kappa shape index (κ2) is 9.79. The van der Waals surface area contributed by atoms with Crippen LogP contribution in [0.15, 0.2) is 84.9 Å². The molecule has 0 aromatic heterocycles. The SMILES string of the molecule is C[C@H](CCc1ccccc1)NCc1cccc(OCc2ccccc2)c1. The lowest BCUT2D eigenvalue weighted by atomic mass is 10.1. The lowest BCUT2D eigenvalue weighted by molar-refractivity contribution is 0.306. The molecule has 0 heterocycles. The summed E-state index contributed by atoms with van der Waals surface area (Å²) in [5.41, 5.74) is 3.84. The summed E-state index contributed by atoms with van der Waals surface area (Å²) in [6.07, 6.45) is 2.24.